The lowest BCUT2D eigenvalue weighted by molar-refractivity contribution is 0.0656. The molecule has 4 rings (SSSR count). The van der Waals surface area contributed by atoms with Crippen molar-refractivity contribution in [2.45, 2.75) is 6.42 Å². The molecule has 0 radical (unpaired) electrons. The summed E-state index contributed by atoms with van der Waals surface area (Å²) in [5.74, 6) is -0.590. The first kappa shape index (κ1) is 12.6. The monoisotopic (exact) mass is 293 g/mol. The summed E-state index contributed by atoms with van der Waals surface area (Å²) in [5.41, 5.74) is 2.26. The Balaban J connectivity index is 1.66. The lowest BCUT2D eigenvalue weighted by Gasteiger charge is -2.13. The number of imide groups is 1. The standard InChI is InChI=1S/C15H11N5O2/c21-14-11-7-17-13-10(8-18-19-13)12(11)15(22)20(14)6-3-9-1-4-16-5-2-9/h1-2,4-5,7-8H,3,6H2,(H,17,18,19). The SMILES string of the molecule is O=C1c2cnc3[nH]ncc3c2C(=O)N1CCc1ccncc1. The molecule has 0 bridgehead atoms. The molecule has 0 spiro atoms. The molecule has 7 heteroatoms. The molecule has 3 aromatic rings. The van der Waals surface area contributed by atoms with Gasteiger partial charge in [0.25, 0.3) is 11.8 Å². The third-order valence-corrected chi connectivity index (χ3v) is 3.79. The molecule has 0 aromatic carbocycles. The minimum atomic E-state index is -0.301. The number of hydrogen-bond acceptors (Lipinski definition) is 5. The first-order chi connectivity index (χ1) is 10.8. The Morgan fingerprint density at radius 3 is 2.73 bits per heavy atom. The van der Waals surface area contributed by atoms with Crippen molar-refractivity contribution < 1.29 is 9.59 Å². The van der Waals surface area contributed by atoms with Crippen LogP contribution in [0, 0.1) is 0 Å². The van der Waals surface area contributed by atoms with Crippen molar-refractivity contribution in [2.24, 2.45) is 0 Å². The van der Waals surface area contributed by atoms with E-state index in [0.717, 1.165) is 5.56 Å². The van der Waals surface area contributed by atoms with Crippen LogP contribution in [0.15, 0.2) is 36.9 Å². The van der Waals surface area contributed by atoms with Crippen LogP contribution in [0.25, 0.3) is 11.0 Å². The van der Waals surface area contributed by atoms with Crippen LogP contribution < -0.4 is 0 Å². The van der Waals surface area contributed by atoms with Gasteiger partial charge in [-0.2, -0.15) is 5.10 Å². The molecular weight excluding hydrogens is 282 g/mol. The van der Waals surface area contributed by atoms with Crippen molar-refractivity contribution in [1.82, 2.24) is 25.1 Å². The van der Waals surface area contributed by atoms with Gasteiger partial charge in [-0.25, -0.2) is 4.98 Å². The summed E-state index contributed by atoms with van der Waals surface area (Å²) in [6.45, 7) is 0.329. The topological polar surface area (TPSA) is 91.8 Å². The molecule has 0 saturated carbocycles. The Kier molecular flexibility index (Phi) is 2.72. The quantitative estimate of drug-likeness (QED) is 0.732. The summed E-state index contributed by atoms with van der Waals surface area (Å²) >= 11 is 0. The molecule has 1 aliphatic heterocycles. The third-order valence-electron chi connectivity index (χ3n) is 3.79. The Morgan fingerprint density at radius 2 is 1.91 bits per heavy atom. The zero-order chi connectivity index (χ0) is 15.1. The predicted octanol–water partition coefficient (Wildman–Crippen LogP) is 1.19. The number of nitrogens with one attached hydrogen (secondary N) is 1. The Bertz CT molecular complexity index is 887. The lowest BCUT2D eigenvalue weighted by atomic mass is 10.1. The average molecular weight is 293 g/mol. The van der Waals surface area contributed by atoms with Gasteiger partial charge in [0.2, 0.25) is 0 Å². The van der Waals surface area contributed by atoms with Crippen molar-refractivity contribution in [3.63, 3.8) is 0 Å². The molecule has 0 aliphatic carbocycles. The van der Waals surface area contributed by atoms with Crippen LogP contribution in [-0.2, 0) is 6.42 Å². The molecular formula is C15H11N5O2. The van der Waals surface area contributed by atoms with Gasteiger partial charge in [-0.1, -0.05) is 0 Å². The highest BCUT2D eigenvalue weighted by molar-refractivity contribution is 6.25. The van der Waals surface area contributed by atoms with Crippen LogP contribution in [0.2, 0.25) is 0 Å². The normalized spacial score (nSPS) is 13.9. The second kappa shape index (κ2) is 4.73. The van der Waals surface area contributed by atoms with E-state index in [2.05, 4.69) is 20.2 Å². The molecule has 0 atom stereocenters. The van der Waals surface area contributed by atoms with Crippen LogP contribution >= 0.6 is 0 Å². The molecule has 1 aliphatic rings. The molecule has 3 aromatic heterocycles. The Hall–Kier alpha value is -3.09. The fourth-order valence-corrected chi connectivity index (χ4v) is 2.66. The van der Waals surface area contributed by atoms with Crippen molar-refractivity contribution in [3.05, 3.63) is 53.6 Å². The van der Waals surface area contributed by atoms with Crippen molar-refractivity contribution in [3.8, 4) is 0 Å². The number of aromatic nitrogens is 4. The maximum Gasteiger partial charge on any atom is 0.263 e. The van der Waals surface area contributed by atoms with E-state index in [1.165, 1.54) is 17.3 Å². The number of fused-ring (bicyclic) bond motifs is 3. The summed E-state index contributed by atoms with van der Waals surface area (Å²) < 4.78 is 0. The Morgan fingerprint density at radius 1 is 1.09 bits per heavy atom. The fourth-order valence-electron chi connectivity index (χ4n) is 2.66. The molecule has 0 unspecified atom stereocenters. The zero-order valence-corrected chi connectivity index (χ0v) is 11.5. The van der Waals surface area contributed by atoms with Gasteiger partial charge in [-0.15, -0.1) is 0 Å². The fraction of sp³-hybridized carbons (Fsp3) is 0.133. The number of rotatable bonds is 3. The van der Waals surface area contributed by atoms with Gasteiger partial charge in [0.05, 0.1) is 22.7 Å². The van der Waals surface area contributed by atoms with Crippen LogP contribution in [-0.4, -0.2) is 43.4 Å². The highest BCUT2D eigenvalue weighted by Gasteiger charge is 2.37. The van der Waals surface area contributed by atoms with Crippen LogP contribution in [0.5, 0.6) is 0 Å². The predicted molar refractivity (Wildman–Crippen MR) is 77.2 cm³/mol. The van der Waals surface area contributed by atoms with E-state index in [9.17, 15) is 9.59 Å². The van der Waals surface area contributed by atoms with Crippen LogP contribution in [0.3, 0.4) is 0 Å². The van der Waals surface area contributed by atoms with Crippen LogP contribution in [0.4, 0.5) is 0 Å². The van der Waals surface area contributed by atoms with E-state index in [1.807, 2.05) is 12.1 Å². The summed E-state index contributed by atoms with van der Waals surface area (Å²) in [5, 5.41) is 7.17. The molecule has 22 heavy (non-hydrogen) atoms. The number of amides is 2. The zero-order valence-electron chi connectivity index (χ0n) is 11.5. The van der Waals surface area contributed by atoms with Crippen molar-refractivity contribution >= 4 is 22.8 Å². The number of carbonyl (C=O) groups excluding carboxylic acids is 2. The number of nitrogens with zero attached hydrogens (tertiary/aromatic N) is 4. The van der Waals surface area contributed by atoms with E-state index in [-0.39, 0.29) is 11.8 Å². The summed E-state index contributed by atoms with van der Waals surface area (Å²) in [6.07, 6.45) is 6.93. The number of hydrogen-bond donors (Lipinski definition) is 1. The van der Waals surface area contributed by atoms with Gasteiger partial charge < -0.3 is 0 Å². The van der Waals surface area contributed by atoms with Gasteiger partial charge in [-0.3, -0.25) is 24.6 Å². The largest absolute Gasteiger partial charge is 0.274 e. The van der Waals surface area contributed by atoms with Crippen LogP contribution in [0.1, 0.15) is 26.3 Å². The van der Waals surface area contributed by atoms with E-state index in [0.29, 0.717) is 35.1 Å². The second-order valence-corrected chi connectivity index (χ2v) is 5.05. The maximum atomic E-state index is 12.6. The summed E-state index contributed by atoms with van der Waals surface area (Å²) in [4.78, 5) is 34.3. The average Bonchev–Trinajstić information content (AvgIpc) is 3.11. The highest BCUT2D eigenvalue weighted by atomic mass is 16.2. The van der Waals surface area contributed by atoms with Gasteiger partial charge in [0, 0.05) is 25.1 Å². The van der Waals surface area contributed by atoms with Gasteiger partial charge in [0.15, 0.2) is 5.65 Å². The molecule has 7 nitrogen and oxygen atoms in total. The van der Waals surface area contributed by atoms with Gasteiger partial charge >= 0.3 is 0 Å². The third kappa shape index (κ3) is 1.79. The number of H-pyrrole nitrogens is 1. The summed E-state index contributed by atoms with van der Waals surface area (Å²) in [6, 6.07) is 3.74. The molecule has 0 fully saturated rings. The highest BCUT2D eigenvalue weighted by Crippen LogP contribution is 2.28. The maximum absolute atomic E-state index is 12.6. The van der Waals surface area contributed by atoms with Crippen molar-refractivity contribution in [2.75, 3.05) is 6.54 Å². The molecule has 1 N–H and O–H groups in total. The van der Waals surface area contributed by atoms with Gasteiger partial charge in [0.1, 0.15) is 0 Å². The molecule has 2 amide bonds. The first-order valence-electron chi connectivity index (χ1n) is 6.83. The molecule has 0 saturated heterocycles. The van der Waals surface area contributed by atoms with E-state index >= 15 is 0 Å². The number of aromatic amines is 1. The number of pyridine rings is 2. The second-order valence-electron chi connectivity index (χ2n) is 5.05. The lowest BCUT2D eigenvalue weighted by Crippen LogP contribution is -2.31. The van der Waals surface area contributed by atoms with Crippen molar-refractivity contribution in [1.29, 1.82) is 0 Å². The van der Waals surface area contributed by atoms with Gasteiger partial charge in [-0.05, 0) is 24.1 Å². The Labute approximate surface area is 125 Å². The molecule has 108 valence electrons. The van der Waals surface area contributed by atoms with E-state index in [4.69, 9.17) is 0 Å². The van der Waals surface area contributed by atoms with E-state index in [1.54, 1.807) is 12.4 Å². The number of carbonyl (C=O) groups is 2. The molecule has 4 heterocycles. The smallest absolute Gasteiger partial charge is 0.263 e. The first-order valence-corrected chi connectivity index (χ1v) is 6.83. The minimum Gasteiger partial charge on any atom is -0.274 e. The minimum absolute atomic E-state index is 0.289. The van der Waals surface area contributed by atoms with E-state index < -0.39 is 0 Å². The summed E-state index contributed by atoms with van der Waals surface area (Å²) in [7, 11) is 0.